The first-order valence-corrected chi connectivity index (χ1v) is 4.45. The normalized spacial score (nSPS) is 45.0. The molecular weight excluding hydrogens is 140 g/mol. The Kier molecular flexibility index (Phi) is 1.87. The van der Waals surface area contributed by atoms with E-state index in [1.807, 2.05) is 0 Å². The van der Waals surface area contributed by atoms with Gasteiger partial charge in [0.2, 0.25) is 0 Å². The molecule has 3 nitrogen and oxygen atoms in total. The molecule has 0 bridgehead atoms. The van der Waals surface area contributed by atoms with Crippen LogP contribution in [0.1, 0.15) is 12.8 Å². The van der Waals surface area contributed by atoms with Crippen LogP contribution >= 0.6 is 0 Å². The standard InChI is InChI=1S/C8H16N2O/c11-8-1-3-9-5-7(8)6-10-4-2-8/h7,9-11H,1-6H2. The van der Waals surface area contributed by atoms with Gasteiger partial charge in [0.1, 0.15) is 0 Å². The molecule has 0 saturated carbocycles. The van der Waals surface area contributed by atoms with Crippen LogP contribution in [0.25, 0.3) is 0 Å². The number of piperidine rings is 2. The van der Waals surface area contributed by atoms with Crippen molar-refractivity contribution < 1.29 is 5.11 Å². The van der Waals surface area contributed by atoms with Crippen molar-refractivity contribution in [2.75, 3.05) is 26.2 Å². The summed E-state index contributed by atoms with van der Waals surface area (Å²) in [5.41, 5.74) is -0.351. The second kappa shape index (κ2) is 2.73. The topological polar surface area (TPSA) is 44.3 Å². The lowest BCUT2D eigenvalue weighted by Crippen LogP contribution is -2.58. The summed E-state index contributed by atoms with van der Waals surface area (Å²) in [6.45, 7) is 3.91. The van der Waals surface area contributed by atoms with Crippen LogP contribution in [-0.4, -0.2) is 36.9 Å². The van der Waals surface area contributed by atoms with Crippen LogP contribution in [0.3, 0.4) is 0 Å². The molecule has 2 heterocycles. The summed E-state index contributed by atoms with van der Waals surface area (Å²) in [5.74, 6) is 0.435. The van der Waals surface area contributed by atoms with E-state index in [1.54, 1.807) is 0 Å². The molecule has 0 unspecified atom stereocenters. The van der Waals surface area contributed by atoms with E-state index >= 15 is 0 Å². The Labute approximate surface area is 67.2 Å². The number of aliphatic hydroxyl groups is 1. The molecule has 2 rings (SSSR count). The van der Waals surface area contributed by atoms with Gasteiger partial charge in [0.25, 0.3) is 0 Å². The highest BCUT2D eigenvalue weighted by Gasteiger charge is 2.40. The molecule has 0 amide bonds. The Bertz CT molecular complexity index is 137. The van der Waals surface area contributed by atoms with Crippen LogP contribution in [0.5, 0.6) is 0 Å². The van der Waals surface area contributed by atoms with Crippen molar-refractivity contribution in [1.82, 2.24) is 10.6 Å². The average Bonchev–Trinajstić information content (AvgIpc) is 2.03. The van der Waals surface area contributed by atoms with Gasteiger partial charge in [-0.15, -0.1) is 0 Å². The van der Waals surface area contributed by atoms with E-state index in [-0.39, 0.29) is 5.60 Å². The minimum absolute atomic E-state index is 0.351. The van der Waals surface area contributed by atoms with Crippen molar-refractivity contribution in [1.29, 1.82) is 0 Å². The predicted octanol–water partition coefficient (Wildman–Crippen LogP) is -0.680. The molecule has 2 fully saturated rings. The summed E-state index contributed by atoms with van der Waals surface area (Å²) in [7, 11) is 0. The van der Waals surface area contributed by atoms with E-state index in [4.69, 9.17) is 0 Å². The van der Waals surface area contributed by atoms with Crippen LogP contribution < -0.4 is 10.6 Å². The van der Waals surface area contributed by atoms with Gasteiger partial charge in [0.15, 0.2) is 0 Å². The first kappa shape index (κ1) is 7.53. The van der Waals surface area contributed by atoms with Gasteiger partial charge in [-0.25, -0.2) is 0 Å². The Morgan fingerprint density at radius 1 is 1.09 bits per heavy atom. The highest BCUT2D eigenvalue weighted by atomic mass is 16.3. The summed E-state index contributed by atoms with van der Waals surface area (Å²) < 4.78 is 0. The number of fused-ring (bicyclic) bond motifs is 1. The molecule has 0 aliphatic carbocycles. The number of hydrogen-bond donors (Lipinski definition) is 3. The molecule has 3 heteroatoms. The number of rotatable bonds is 0. The van der Waals surface area contributed by atoms with Gasteiger partial charge in [0.05, 0.1) is 5.60 Å². The Morgan fingerprint density at radius 3 is 2.09 bits per heavy atom. The van der Waals surface area contributed by atoms with Crippen LogP contribution in [-0.2, 0) is 0 Å². The van der Waals surface area contributed by atoms with Gasteiger partial charge >= 0.3 is 0 Å². The van der Waals surface area contributed by atoms with Gasteiger partial charge in [0, 0.05) is 19.0 Å². The van der Waals surface area contributed by atoms with Crippen molar-refractivity contribution in [3.63, 3.8) is 0 Å². The quantitative estimate of drug-likeness (QED) is 0.435. The predicted molar refractivity (Wildman–Crippen MR) is 43.4 cm³/mol. The fourth-order valence-electron chi connectivity index (χ4n) is 2.15. The van der Waals surface area contributed by atoms with Crippen molar-refractivity contribution in [3.05, 3.63) is 0 Å². The van der Waals surface area contributed by atoms with Crippen molar-refractivity contribution in [3.8, 4) is 0 Å². The fourth-order valence-corrected chi connectivity index (χ4v) is 2.15. The average molecular weight is 156 g/mol. The monoisotopic (exact) mass is 156 g/mol. The van der Waals surface area contributed by atoms with E-state index in [0.29, 0.717) is 5.92 Å². The van der Waals surface area contributed by atoms with Crippen molar-refractivity contribution >= 4 is 0 Å². The second-order valence-electron chi connectivity index (χ2n) is 3.71. The smallest absolute Gasteiger partial charge is 0.0724 e. The third kappa shape index (κ3) is 1.28. The third-order valence-corrected chi connectivity index (χ3v) is 3.01. The first-order chi connectivity index (χ1) is 5.31. The summed E-state index contributed by atoms with van der Waals surface area (Å²) in [6, 6.07) is 0. The largest absolute Gasteiger partial charge is 0.389 e. The Balaban J connectivity index is 2.06. The third-order valence-electron chi connectivity index (χ3n) is 3.01. The van der Waals surface area contributed by atoms with Crippen molar-refractivity contribution in [2.45, 2.75) is 18.4 Å². The van der Waals surface area contributed by atoms with Gasteiger partial charge in [-0.1, -0.05) is 0 Å². The minimum Gasteiger partial charge on any atom is -0.389 e. The molecule has 2 aliphatic rings. The van der Waals surface area contributed by atoms with E-state index in [0.717, 1.165) is 39.0 Å². The summed E-state index contributed by atoms with van der Waals surface area (Å²) >= 11 is 0. The molecule has 0 aromatic heterocycles. The van der Waals surface area contributed by atoms with Crippen molar-refractivity contribution in [2.24, 2.45) is 5.92 Å². The van der Waals surface area contributed by atoms with Gasteiger partial charge in [-0.2, -0.15) is 0 Å². The van der Waals surface area contributed by atoms with E-state index in [9.17, 15) is 5.11 Å². The molecule has 0 atom stereocenters. The maximum absolute atomic E-state index is 10.1. The fraction of sp³-hybridized carbons (Fsp3) is 1.00. The first-order valence-electron chi connectivity index (χ1n) is 4.45. The van der Waals surface area contributed by atoms with Crippen LogP contribution in [0.2, 0.25) is 0 Å². The summed E-state index contributed by atoms with van der Waals surface area (Å²) in [4.78, 5) is 0. The molecule has 0 radical (unpaired) electrons. The van der Waals surface area contributed by atoms with Gasteiger partial charge in [-0.3, -0.25) is 0 Å². The zero-order valence-electron chi connectivity index (χ0n) is 6.77. The zero-order valence-corrected chi connectivity index (χ0v) is 6.77. The lowest BCUT2D eigenvalue weighted by Gasteiger charge is -2.43. The summed E-state index contributed by atoms with van der Waals surface area (Å²) in [6.07, 6.45) is 1.86. The Morgan fingerprint density at radius 2 is 1.64 bits per heavy atom. The van der Waals surface area contributed by atoms with E-state index in [2.05, 4.69) is 10.6 Å². The van der Waals surface area contributed by atoms with E-state index < -0.39 is 0 Å². The van der Waals surface area contributed by atoms with Gasteiger partial charge in [-0.05, 0) is 25.9 Å². The van der Waals surface area contributed by atoms with Crippen LogP contribution in [0.4, 0.5) is 0 Å². The maximum Gasteiger partial charge on any atom is 0.0724 e. The highest BCUT2D eigenvalue weighted by Crippen LogP contribution is 2.29. The number of nitrogens with one attached hydrogen (secondary N) is 2. The van der Waals surface area contributed by atoms with Crippen LogP contribution in [0, 0.1) is 5.92 Å². The molecule has 2 saturated heterocycles. The highest BCUT2D eigenvalue weighted by molar-refractivity contribution is 4.96. The molecule has 2 aliphatic heterocycles. The lowest BCUT2D eigenvalue weighted by atomic mass is 9.77. The molecular formula is C8H16N2O. The maximum atomic E-state index is 10.1. The minimum atomic E-state index is -0.351. The lowest BCUT2D eigenvalue weighted by molar-refractivity contribution is -0.0597. The van der Waals surface area contributed by atoms with E-state index in [1.165, 1.54) is 0 Å². The SMILES string of the molecule is OC12CCNCC1CNCC2. The van der Waals surface area contributed by atoms with Crippen LogP contribution in [0.15, 0.2) is 0 Å². The van der Waals surface area contributed by atoms with Gasteiger partial charge < -0.3 is 15.7 Å². The molecule has 0 spiro atoms. The Hall–Kier alpha value is -0.120. The molecule has 0 aromatic carbocycles. The molecule has 3 N–H and O–H groups in total. The molecule has 0 aromatic rings. The number of hydrogen-bond acceptors (Lipinski definition) is 3. The zero-order chi connectivity index (χ0) is 7.73. The summed E-state index contributed by atoms with van der Waals surface area (Å²) in [5, 5.41) is 16.7. The molecule has 11 heavy (non-hydrogen) atoms. The molecule has 64 valence electrons. The second-order valence-corrected chi connectivity index (χ2v) is 3.71.